The van der Waals surface area contributed by atoms with E-state index in [2.05, 4.69) is 14.2 Å². The molecule has 0 radical (unpaired) electrons. The van der Waals surface area contributed by atoms with Gasteiger partial charge in [-0.05, 0) is 19.1 Å². The van der Waals surface area contributed by atoms with Gasteiger partial charge in [0.05, 0.1) is 12.2 Å². The van der Waals surface area contributed by atoms with Crippen LogP contribution in [0.15, 0.2) is 12.1 Å². The fourth-order valence-electron chi connectivity index (χ4n) is 1.47. The van der Waals surface area contributed by atoms with E-state index in [1.54, 1.807) is 0 Å². The summed E-state index contributed by atoms with van der Waals surface area (Å²) in [5, 5.41) is 8.85. The minimum absolute atomic E-state index is 0.192. The van der Waals surface area contributed by atoms with E-state index in [9.17, 15) is 26.7 Å². The Balaban J connectivity index is 3.50. The molecule has 0 saturated carbocycles. The highest BCUT2D eigenvalue weighted by molar-refractivity contribution is 5.96. The number of rotatable bonds is 5. The zero-order chi connectivity index (χ0) is 16.9. The lowest BCUT2D eigenvalue weighted by Gasteiger charge is -2.17. The first-order valence-corrected chi connectivity index (χ1v) is 5.64. The molecule has 0 bridgehead atoms. The van der Waals surface area contributed by atoms with Crippen LogP contribution in [0, 0.1) is 11.3 Å². The Labute approximate surface area is 120 Å². The molecule has 1 aromatic carbocycles. The number of benzene rings is 1. The minimum Gasteiger partial charge on any atom is -0.462 e. The highest BCUT2D eigenvalue weighted by Gasteiger charge is 2.35. The molecule has 5 nitrogen and oxygen atoms in total. The maximum Gasteiger partial charge on any atom is 0.573 e. The molecule has 0 saturated heterocycles. The molecule has 0 aliphatic rings. The van der Waals surface area contributed by atoms with Crippen molar-refractivity contribution < 1.29 is 41.0 Å². The van der Waals surface area contributed by atoms with Gasteiger partial charge in [-0.1, -0.05) is 0 Å². The molecule has 0 amide bonds. The summed E-state index contributed by atoms with van der Waals surface area (Å²) in [6.45, 7) is -2.35. The molecule has 0 fully saturated rings. The van der Waals surface area contributed by atoms with Crippen molar-refractivity contribution in [3.8, 4) is 17.6 Å². The maximum absolute atomic E-state index is 12.4. The number of hydrogen-bond donors (Lipinski definition) is 0. The van der Waals surface area contributed by atoms with Gasteiger partial charge in [-0.2, -0.15) is 14.0 Å². The summed E-state index contributed by atoms with van der Waals surface area (Å²) >= 11 is 0. The van der Waals surface area contributed by atoms with E-state index in [0.717, 1.165) is 6.07 Å². The van der Waals surface area contributed by atoms with Crippen LogP contribution < -0.4 is 9.47 Å². The number of esters is 1. The van der Waals surface area contributed by atoms with Gasteiger partial charge in [0.1, 0.15) is 11.6 Å². The first-order chi connectivity index (χ1) is 10.2. The second-order valence-corrected chi connectivity index (χ2v) is 3.57. The van der Waals surface area contributed by atoms with Crippen LogP contribution in [0.25, 0.3) is 0 Å². The number of ether oxygens (including phenoxy) is 3. The molecule has 1 aromatic rings. The number of hydrogen-bond acceptors (Lipinski definition) is 5. The highest BCUT2D eigenvalue weighted by atomic mass is 19.4. The van der Waals surface area contributed by atoms with E-state index in [4.69, 9.17) is 5.26 Å². The third kappa shape index (κ3) is 4.47. The molecule has 10 heteroatoms. The van der Waals surface area contributed by atoms with Crippen molar-refractivity contribution >= 4 is 5.97 Å². The smallest absolute Gasteiger partial charge is 0.462 e. The Morgan fingerprint density at radius 2 is 2.00 bits per heavy atom. The predicted octanol–water partition coefficient (Wildman–Crippen LogP) is 3.23. The summed E-state index contributed by atoms with van der Waals surface area (Å²) in [4.78, 5) is 11.7. The zero-order valence-electron chi connectivity index (χ0n) is 10.9. The van der Waals surface area contributed by atoms with Crippen molar-refractivity contribution in [3.63, 3.8) is 0 Å². The quantitative estimate of drug-likeness (QED) is 0.614. The first kappa shape index (κ1) is 17.5. The van der Waals surface area contributed by atoms with Crippen molar-refractivity contribution in [2.45, 2.75) is 19.9 Å². The van der Waals surface area contributed by atoms with Crippen LogP contribution in [0.1, 0.15) is 22.8 Å². The van der Waals surface area contributed by atoms with Gasteiger partial charge < -0.3 is 14.2 Å². The van der Waals surface area contributed by atoms with E-state index in [-0.39, 0.29) is 6.61 Å². The van der Waals surface area contributed by atoms with Crippen molar-refractivity contribution in [1.82, 2.24) is 0 Å². The van der Waals surface area contributed by atoms with Crippen LogP contribution in [0.2, 0.25) is 0 Å². The number of nitrogens with zero attached hydrogens (tertiary/aromatic N) is 1. The predicted molar refractivity (Wildman–Crippen MR) is 60.4 cm³/mol. The molecule has 0 atom stereocenters. The third-order valence-corrected chi connectivity index (χ3v) is 2.15. The zero-order valence-corrected chi connectivity index (χ0v) is 10.9. The number of alkyl halides is 5. The standard InChI is InChI=1S/C12H8F5NO4/c1-2-20-10(19)8-6(5-18)3-4-7(22-12(15,16)17)9(8)21-11(13)14/h3-4,11H,2H2,1H3. The summed E-state index contributed by atoms with van der Waals surface area (Å²) in [5.41, 5.74) is -1.37. The molecule has 1 rings (SSSR count). The van der Waals surface area contributed by atoms with Crippen molar-refractivity contribution in [2.24, 2.45) is 0 Å². The van der Waals surface area contributed by atoms with E-state index in [0.29, 0.717) is 6.07 Å². The van der Waals surface area contributed by atoms with E-state index in [1.165, 1.54) is 13.0 Å². The van der Waals surface area contributed by atoms with Crippen LogP contribution >= 0.6 is 0 Å². The fraction of sp³-hybridized carbons (Fsp3) is 0.333. The number of carbonyl (C=O) groups excluding carboxylic acids is 1. The van der Waals surface area contributed by atoms with Crippen molar-refractivity contribution in [1.29, 1.82) is 5.26 Å². The Bertz CT molecular complexity index is 594. The molecular weight excluding hydrogens is 317 g/mol. The Hall–Kier alpha value is -2.57. The van der Waals surface area contributed by atoms with Crippen LogP contribution in [-0.2, 0) is 4.74 Å². The lowest BCUT2D eigenvalue weighted by molar-refractivity contribution is -0.275. The number of carbonyl (C=O) groups is 1. The maximum atomic E-state index is 12.4. The van der Waals surface area contributed by atoms with E-state index >= 15 is 0 Å². The molecule has 0 heterocycles. The van der Waals surface area contributed by atoms with Gasteiger partial charge >= 0.3 is 18.9 Å². The Morgan fingerprint density at radius 3 is 2.45 bits per heavy atom. The second-order valence-electron chi connectivity index (χ2n) is 3.57. The Morgan fingerprint density at radius 1 is 1.36 bits per heavy atom. The van der Waals surface area contributed by atoms with Gasteiger partial charge in [0.25, 0.3) is 0 Å². The summed E-state index contributed by atoms with van der Waals surface area (Å²) < 4.78 is 73.6. The van der Waals surface area contributed by atoms with Crippen LogP contribution in [0.4, 0.5) is 22.0 Å². The lowest BCUT2D eigenvalue weighted by Crippen LogP contribution is -2.20. The van der Waals surface area contributed by atoms with Crippen LogP contribution in [0.5, 0.6) is 11.5 Å². The molecule has 0 aliphatic carbocycles. The molecule has 0 N–H and O–H groups in total. The van der Waals surface area contributed by atoms with Crippen molar-refractivity contribution in [2.75, 3.05) is 6.61 Å². The summed E-state index contributed by atoms with van der Waals surface area (Å²) in [6, 6.07) is 2.86. The average molecular weight is 325 g/mol. The third-order valence-electron chi connectivity index (χ3n) is 2.15. The molecule has 0 spiro atoms. The average Bonchev–Trinajstić information content (AvgIpc) is 2.38. The topological polar surface area (TPSA) is 68.6 Å². The van der Waals surface area contributed by atoms with Gasteiger partial charge in [-0.15, -0.1) is 13.2 Å². The SMILES string of the molecule is CCOC(=O)c1c(C#N)ccc(OC(F)(F)F)c1OC(F)F. The normalized spacial score (nSPS) is 11.0. The van der Waals surface area contributed by atoms with Gasteiger partial charge in [-0.3, -0.25) is 0 Å². The van der Waals surface area contributed by atoms with E-state index < -0.39 is 41.6 Å². The van der Waals surface area contributed by atoms with Crippen molar-refractivity contribution in [3.05, 3.63) is 23.3 Å². The molecular formula is C12H8F5NO4. The largest absolute Gasteiger partial charge is 0.573 e. The van der Waals surface area contributed by atoms with Crippen LogP contribution in [-0.4, -0.2) is 25.6 Å². The number of halogens is 5. The monoisotopic (exact) mass is 325 g/mol. The number of nitriles is 1. The molecule has 120 valence electrons. The highest BCUT2D eigenvalue weighted by Crippen LogP contribution is 2.38. The minimum atomic E-state index is -5.21. The van der Waals surface area contributed by atoms with Gasteiger partial charge in [0, 0.05) is 0 Å². The second kappa shape index (κ2) is 6.93. The summed E-state index contributed by atoms with van der Waals surface area (Å²) in [6.07, 6.45) is -5.21. The summed E-state index contributed by atoms with van der Waals surface area (Å²) in [7, 11) is 0. The molecule has 0 aliphatic heterocycles. The Kier molecular flexibility index (Phi) is 5.50. The van der Waals surface area contributed by atoms with Gasteiger partial charge in [0.2, 0.25) is 0 Å². The lowest BCUT2D eigenvalue weighted by atomic mass is 10.1. The van der Waals surface area contributed by atoms with Gasteiger partial charge in [-0.25, -0.2) is 4.79 Å². The van der Waals surface area contributed by atoms with Crippen LogP contribution in [0.3, 0.4) is 0 Å². The molecule has 22 heavy (non-hydrogen) atoms. The molecule has 0 unspecified atom stereocenters. The van der Waals surface area contributed by atoms with E-state index in [1.807, 2.05) is 0 Å². The summed E-state index contributed by atoms with van der Waals surface area (Å²) in [5.74, 6) is -3.69. The van der Waals surface area contributed by atoms with Gasteiger partial charge in [0.15, 0.2) is 11.5 Å². The first-order valence-electron chi connectivity index (χ1n) is 5.64. The molecule has 0 aromatic heterocycles. The fourth-order valence-corrected chi connectivity index (χ4v) is 1.47.